The minimum Gasteiger partial charge on any atom is -0.461 e. The van der Waals surface area contributed by atoms with Crippen LogP contribution >= 0.6 is 22.6 Å². The van der Waals surface area contributed by atoms with E-state index in [2.05, 4.69) is 4.98 Å². The minimum atomic E-state index is -3.66. The van der Waals surface area contributed by atoms with Crippen molar-refractivity contribution in [1.82, 2.24) is 13.3 Å². The van der Waals surface area contributed by atoms with Crippen LogP contribution in [0.3, 0.4) is 0 Å². The van der Waals surface area contributed by atoms with E-state index in [0.29, 0.717) is 0 Å². The Morgan fingerprint density at radius 2 is 2.18 bits per heavy atom. The summed E-state index contributed by atoms with van der Waals surface area (Å²) in [6, 6.07) is 0. The van der Waals surface area contributed by atoms with Crippen molar-refractivity contribution in [3.63, 3.8) is 0 Å². The highest BCUT2D eigenvalue weighted by molar-refractivity contribution is 14.1. The molecule has 1 heterocycles. The molecule has 0 aliphatic rings. The first-order valence-electron chi connectivity index (χ1n) is 4.65. The summed E-state index contributed by atoms with van der Waals surface area (Å²) >= 11 is 1.74. The third-order valence-electron chi connectivity index (χ3n) is 1.83. The number of esters is 1. The maximum atomic E-state index is 11.8. The maximum absolute atomic E-state index is 11.8. The molecule has 0 bridgehead atoms. The molecule has 0 spiro atoms. The van der Waals surface area contributed by atoms with E-state index in [0.717, 1.165) is 14.5 Å². The van der Waals surface area contributed by atoms with Crippen molar-refractivity contribution in [2.24, 2.45) is 0 Å². The van der Waals surface area contributed by atoms with Crippen LogP contribution in [0.4, 0.5) is 0 Å². The maximum Gasteiger partial charge on any atom is 0.358 e. The Labute approximate surface area is 113 Å². The van der Waals surface area contributed by atoms with Gasteiger partial charge in [-0.05, 0) is 6.92 Å². The van der Waals surface area contributed by atoms with E-state index in [1.165, 1.54) is 14.1 Å². The van der Waals surface area contributed by atoms with Crippen LogP contribution in [0.5, 0.6) is 0 Å². The van der Waals surface area contributed by atoms with Crippen molar-refractivity contribution in [3.8, 4) is 0 Å². The van der Waals surface area contributed by atoms with Gasteiger partial charge < -0.3 is 4.74 Å². The molecule has 0 fully saturated rings. The van der Waals surface area contributed by atoms with E-state index >= 15 is 0 Å². The van der Waals surface area contributed by atoms with Gasteiger partial charge in [0.25, 0.3) is 0 Å². The van der Waals surface area contributed by atoms with Crippen LogP contribution in [-0.2, 0) is 14.9 Å². The summed E-state index contributed by atoms with van der Waals surface area (Å²) in [4.78, 5) is 15.2. The fourth-order valence-electron chi connectivity index (χ4n) is 0.983. The number of carbonyl (C=O) groups excluding carboxylic acids is 1. The van der Waals surface area contributed by atoms with Crippen molar-refractivity contribution in [3.05, 3.63) is 15.7 Å². The number of imidazole rings is 1. The van der Waals surface area contributed by atoms with Gasteiger partial charge in [-0.1, -0.05) is 0 Å². The summed E-state index contributed by atoms with van der Waals surface area (Å²) in [7, 11) is -0.866. The Morgan fingerprint density at radius 3 is 2.65 bits per heavy atom. The summed E-state index contributed by atoms with van der Waals surface area (Å²) in [5.74, 6) is -0.641. The van der Waals surface area contributed by atoms with Gasteiger partial charge in [0.1, 0.15) is 0 Å². The average Bonchev–Trinajstić information content (AvgIpc) is 2.61. The molecule has 0 atom stereocenters. The highest BCUT2D eigenvalue weighted by Crippen LogP contribution is 2.12. The lowest BCUT2D eigenvalue weighted by Crippen LogP contribution is -2.29. The van der Waals surface area contributed by atoms with Crippen molar-refractivity contribution >= 4 is 38.8 Å². The van der Waals surface area contributed by atoms with E-state index < -0.39 is 16.2 Å². The molecule has 0 radical (unpaired) electrons. The van der Waals surface area contributed by atoms with Gasteiger partial charge in [0.15, 0.2) is 9.53 Å². The van der Waals surface area contributed by atoms with Gasteiger partial charge in [0, 0.05) is 36.7 Å². The van der Waals surface area contributed by atoms with Crippen molar-refractivity contribution < 1.29 is 17.9 Å². The summed E-state index contributed by atoms with van der Waals surface area (Å²) in [6.07, 6.45) is 1.15. The van der Waals surface area contributed by atoms with E-state index in [9.17, 15) is 13.2 Å². The Morgan fingerprint density at radius 1 is 1.59 bits per heavy atom. The third kappa shape index (κ3) is 2.96. The molecule has 0 aromatic carbocycles. The fraction of sp³-hybridized carbons (Fsp3) is 0.500. The number of halogens is 1. The predicted octanol–water partition coefficient (Wildman–Crippen LogP) is 0.319. The van der Waals surface area contributed by atoms with Crippen LogP contribution in [0.15, 0.2) is 6.20 Å². The van der Waals surface area contributed by atoms with Gasteiger partial charge >= 0.3 is 16.2 Å². The van der Waals surface area contributed by atoms with Crippen LogP contribution < -0.4 is 0 Å². The van der Waals surface area contributed by atoms with Crippen molar-refractivity contribution in [2.45, 2.75) is 6.92 Å². The lowest BCUT2D eigenvalue weighted by Gasteiger charge is -2.11. The Bertz CT molecular complexity index is 523. The zero-order chi connectivity index (χ0) is 13.2. The van der Waals surface area contributed by atoms with E-state index in [1.54, 1.807) is 29.5 Å². The molecule has 7 nitrogen and oxygen atoms in total. The molecule has 1 aromatic rings. The lowest BCUT2D eigenvalue weighted by atomic mass is 10.5. The number of aromatic nitrogens is 2. The SMILES string of the molecule is CCOC(=O)c1cn(S(=O)(=O)N(C)C)c(I)n1. The van der Waals surface area contributed by atoms with Gasteiger partial charge in [-0.2, -0.15) is 12.7 Å². The van der Waals surface area contributed by atoms with Crippen LogP contribution in [0.1, 0.15) is 17.4 Å². The summed E-state index contributed by atoms with van der Waals surface area (Å²) in [5.41, 5.74) is -0.0262. The van der Waals surface area contributed by atoms with Crippen LogP contribution in [0.25, 0.3) is 0 Å². The average molecular weight is 373 g/mol. The van der Waals surface area contributed by atoms with Gasteiger partial charge in [-0.3, -0.25) is 0 Å². The molecule has 0 amide bonds. The van der Waals surface area contributed by atoms with Crippen LogP contribution in [0.2, 0.25) is 0 Å². The highest BCUT2D eigenvalue weighted by Gasteiger charge is 2.23. The summed E-state index contributed by atoms with van der Waals surface area (Å²) in [5, 5.41) is 0. The van der Waals surface area contributed by atoms with Gasteiger partial charge in [-0.25, -0.2) is 13.8 Å². The number of carbonyl (C=O) groups is 1. The molecule has 96 valence electrons. The predicted molar refractivity (Wildman–Crippen MR) is 68.9 cm³/mol. The number of hydrogen-bond donors (Lipinski definition) is 0. The number of nitrogens with zero attached hydrogens (tertiary/aromatic N) is 3. The molecular formula is C8H12IN3O4S. The van der Waals surface area contributed by atoms with E-state index in [4.69, 9.17) is 4.74 Å². The second-order valence-electron chi connectivity index (χ2n) is 3.20. The first kappa shape index (κ1) is 14.4. The summed E-state index contributed by atoms with van der Waals surface area (Å²) < 4.78 is 30.6. The number of rotatable bonds is 4. The van der Waals surface area contributed by atoms with Crippen LogP contribution in [-0.4, -0.2) is 48.4 Å². The zero-order valence-corrected chi connectivity index (χ0v) is 12.5. The topological polar surface area (TPSA) is 81.5 Å². The first-order valence-corrected chi connectivity index (χ1v) is 7.13. The Kier molecular flexibility index (Phi) is 4.49. The molecule has 17 heavy (non-hydrogen) atoms. The first-order chi connectivity index (χ1) is 7.80. The normalized spacial score (nSPS) is 11.8. The number of hydrogen-bond acceptors (Lipinski definition) is 5. The molecule has 0 N–H and O–H groups in total. The molecular weight excluding hydrogens is 361 g/mol. The number of ether oxygens (including phenoxy) is 1. The molecule has 0 saturated carbocycles. The van der Waals surface area contributed by atoms with E-state index in [1.807, 2.05) is 0 Å². The van der Waals surface area contributed by atoms with Crippen molar-refractivity contribution in [2.75, 3.05) is 20.7 Å². The Balaban J connectivity index is 3.18. The largest absolute Gasteiger partial charge is 0.461 e. The molecule has 9 heteroatoms. The molecule has 0 unspecified atom stereocenters. The monoisotopic (exact) mass is 373 g/mol. The van der Waals surface area contributed by atoms with Crippen molar-refractivity contribution in [1.29, 1.82) is 0 Å². The minimum absolute atomic E-state index is 0.0262. The van der Waals surface area contributed by atoms with Gasteiger partial charge in [0.05, 0.1) is 12.8 Å². The highest BCUT2D eigenvalue weighted by atomic mass is 127. The molecule has 0 saturated heterocycles. The third-order valence-corrected chi connectivity index (χ3v) is 4.62. The second-order valence-corrected chi connectivity index (χ2v) is 6.19. The molecule has 1 aromatic heterocycles. The van der Waals surface area contributed by atoms with E-state index in [-0.39, 0.29) is 16.1 Å². The quantitative estimate of drug-likeness (QED) is 0.561. The van der Waals surface area contributed by atoms with Gasteiger partial charge in [0.2, 0.25) is 0 Å². The smallest absolute Gasteiger partial charge is 0.358 e. The Hall–Kier alpha value is -0.680. The summed E-state index contributed by atoms with van der Waals surface area (Å²) in [6.45, 7) is 1.87. The van der Waals surface area contributed by atoms with Crippen LogP contribution in [0, 0.1) is 3.83 Å². The van der Waals surface area contributed by atoms with Gasteiger partial charge in [-0.15, -0.1) is 0 Å². The lowest BCUT2D eigenvalue weighted by molar-refractivity contribution is 0.0520. The molecule has 0 aliphatic carbocycles. The fourth-order valence-corrected chi connectivity index (χ4v) is 2.94. The molecule has 1 rings (SSSR count). The molecule has 0 aliphatic heterocycles. The zero-order valence-electron chi connectivity index (χ0n) is 9.55. The standard InChI is InChI=1S/C8H12IN3O4S/c1-4-16-7(13)6-5-12(8(9)10-6)17(14,15)11(2)3/h5H,4H2,1-3H3. The second kappa shape index (κ2) is 5.31.